The number of piperazine rings is 1. The lowest BCUT2D eigenvalue weighted by Gasteiger charge is -2.32. The molecule has 0 unspecified atom stereocenters. The van der Waals surface area contributed by atoms with Crippen LogP contribution >= 0.6 is 0 Å². The molecule has 0 radical (unpaired) electrons. The van der Waals surface area contributed by atoms with E-state index >= 15 is 0 Å². The van der Waals surface area contributed by atoms with Crippen molar-refractivity contribution >= 4 is 0 Å². The number of aromatic nitrogens is 2. The zero-order valence-electron chi connectivity index (χ0n) is 12.8. The van der Waals surface area contributed by atoms with Crippen molar-refractivity contribution in [3.05, 3.63) is 48.3 Å². The van der Waals surface area contributed by atoms with Gasteiger partial charge in [0.05, 0.1) is 5.69 Å². The predicted octanol–water partition coefficient (Wildman–Crippen LogP) is 2.05. The molecule has 4 heteroatoms. The van der Waals surface area contributed by atoms with Gasteiger partial charge in [0.25, 0.3) is 0 Å². The van der Waals surface area contributed by atoms with Crippen LogP contribution in [0.15, 0.2) is 42.7 Å². The lowest BCUT2D eigenvalue weighted by molar-refractivity contribution is 0.153. The van der Waals surface area contributed by atoms with Crippen LogP contribution < -0.4 is 0 Å². The van der Waals surface area contributed by atoms with Gasteiger partial charge in [-0.15, -0.1) is 0 Å². The third-order valence-electron chi connectivity index (χ3n) is 4.22. The molecule has 2 heterocycles. The topological polar surface area (TPSA) is 24.3 Å². The summed E-state index contributed by atoms with van der Waals surface area (Å²) in [6.45, 7) is 6.04. The summed E-state index contributed by atoms with van der Waals surface area (Å²) in [4.78, 5) is 4.99. The monoisotopic (exact) mass is 284 g/mol. The summed E-state index contributed by atoms with van der Waals surface area (Å²) in [5.74, 6) is 0. The molecule has 1 aromatic heterocycles. The van der Waals surface area contributed by atoms with Gasteiger partial charge in [0.15, 0.2) is 0 Å². The maximum atomic E-state index is 4.29. The molecule has 0 bridgehead atoms. The second-order valence-electron chi connectivity index (χ2n) is 5.87. The van der Waals surface area contributed by atoms with Gasteiger partial charge in [0.1, 0.15) is 0 Å². The van der Waals surface area contributed by atoms with Crippen molar-refractivity contribution in [3.8, 4) is 5.69 Å². The third-order valence-corrected chi connectivity index (χ3v) is 4.22. The number of rotatable bonds is 5. The van der Waals surface area contributed by atoms with Gasteiger partial charge in [-0.25, -0.2) is 4.68 Å². The van der Waals surface area contributed by atoms with Gasteiger partial charge >= 0.3 is 0 Å². The van der Waals surface area contributed by atoms with Gasteiger partial charge in [-0.05, 0) is 50.2 Å². The second kappa shape index (κ2) is 6.87. The van der Waals surface area contributed by atoms with E-state index in [4.69, 9.17) is 0 Å². The first-order valence-electron chi connectivity index (χ1n) is 7.81. The van der Waals surface area contributed by atoms with Crippen LogP contribution in [0.25, 0.3) is 5.69 Å². The first-order chi connectivity index (χ1) is 10.3. The van der Waals surface area contributed by atoms with Gasteiger partial charge in [0, 0.05) is 38.6 Å². The quantitative estimate of drug-likeness (QED) is 0.840. The molecule has 21 heavy (non-hydrogen) atoms. The number of nitrogens with zero attached hydrogens (tertiary/aromatic N) is 4. The van der Waals surface area contributed by atoms with Gasteiger partial charge in [-0.3, -0.25) is 0 Å². The molecule has 0 spiro atoms. The molecule has 1 aliphatic heterocycles. The van der Waals surface area contributed by atoms with E-state index in [0.29, 0.717) is 0 Å². The van der Waals surface area contributed by atoms with E-state index in [9.17, 15) is 0 Å². The fourth-order valence-corrected chi connectivity index (χ4v) is 2.85. The lowest BCUT2D eigenvalue weighted by atomic mass is 10.1. The van der Waals surface area contributed by atoms with E-state index in [2.05, 4.69) is 46.2 Å². The molecule has 0 N–H and O–H groups in total. The standard InChI is InChI=1S/C17H24N4/c1-19-11-13-20(14-12-19)9-3-6-16-5-2-7-17(15-16)21-10-4-8-18-21/h2,4-5,7-8,10,15H,3,6,9,11-14H2,1H3. The highest BCUT2D eigenvalue weighted by molar-refractivity contribution is 5.35. The fraction of sp³-hybridized carbons (Fsp3) is 0.471. The number of aryl methyl sites for hydroxylation is 1. The minimum atomic E-state index is 1.14. The Morgan fingerprint density at radius 2 is 1.95 bits per heavy atom. The highest BCUT2D eigenvalue weighted by Gasteiger charge is 2.12. The predicted molar refractivity (Wildman–Crippen MR) is 85.8 cm³/mol. The van der Waals surface area contributed by atoms with Crippen molar-refractivity contribution < 1.29 is 0 Å². The Morgan fingerprint density at radius 3 is 2.71 bits per heavy atom. The average molecular weight is 284 g/mol. The van der Waals surface area contributed by atoms with Crippen molar-refractivity contribution in [1.29, 1.82) is 0 Å². The number of likely N-dealkylation sites (N-methyl/N-ethyl adjacent to an activating group) is 1. The van der Waals surface area contributed by atoms with Gasteiger partial charge < -0.3 is 9.80 Å². The molecule has 112 valence electrons. The summed E-state index contributed by atoms with van der Waals surface area (Å²) < 4.78 is 1.92. The SMILES string of the molecule is CN1CCN(CCCc2cccc(-n3cccn3)c2)CC1. The first kappa shape index (κ1) is 14.3. The average Bonchev–Trinajstić information content (AvgIpc) is 3.04. The highest BCUT2D eigenvalue weighted by atomic mass is 15.3. The first-order valence-corrected chi connectivity index (χ1v) is 7.81. The molecule has 2 aromatic rings. The minimum absolute atomic E-state index is 1.14. The smallest absolute Gasteiger partial charge is 0.0648 e. The van der Waals surface area contributed by atoms with Crippen LogP contribution in [0.2, 0.25) is 0 Å². The van der Waals surface area contributed by atoms with Crippen LogP contribution in [-0.4, -0.2) is 59.4 Å². The summed E-state index contributed by atoms with van der Waals surface area (Å²) in [6, 6.07) is 10.7. The number of hydrogen-bond donors (Lipinski definition) is 0. The van der Waals surface area contributed by atoms with Crippen LogP contribution in [0.3, 0.4) is 0 Å². The maximum Gasteiger partial charge on any atom is 0.0648 e. The van der Waals surface area contributed by atoms with Crippen molar-refractivity contribution in [2.24, 2.45) is 0 Å². The Labute approximate surface area is 127 Å². The molecule has 0 atom stereocenters. The highest BCUT2D eigenvalue weighted by Crippen LogP contribution is 2.12. The van der Waals surface area contributed by atoms with E-state index in [1.165, 1.54) is 44.7 Å². The van der Waals surface area contributed by atoms with Gasteiger partial charge in [0.2, 0.25) is 0 Å². The van der Waals surface area contributed by atoms with E-state index in [0.717, 1.165) is 12.1 Å². The van der Waals surface area contributed by atoms with E-state index < -0.39 is 0 Å². The molecule has 0 aliphatic carbocycles. The normalized spacial score (nSPS) is 17.2. The van der Waals surface area contributed by atoms with Crippen molar-refractivity contribution in [2.75, 3.05) is 39.8 Å². The summed E-state index contributed by atoms with van der Waals surface area (Å²) in [6.07, 6.45) is 6.18. The van der Waals surface area contributed by atoms with Gasteiger partial charge in [-0.2, -0.15) is 5.10 Å². The zero-order chi connectivity index (χ0) is 14.5. The molecule has 1 fully saturated rings. The summed E-state index contributed by atoms with van der Waals surface area (Å²) in [7, 11) is 2.21. The summed E-state index contributed by atoms with van der Waals surface area (Å²) >= 11 is 0. The molecular weight excluding hydrogens is 260 g/mol. The molecule has 1 aliphatic rings. The van der Waals surface area contributed by atoms with Crippen molar-refractivity contribution in [3.63, 3.8) is 0 Å². The largest absolute Gasteiger partial charge is 0.304 e. The minimum Gasteiger partial charge on any atom is -0.304 e. The maximum absolute atomic E-state index is 4.29. The molecule has 0 amide bonds. The van der Waals surface area contributed by atoms with Gasteiger partial charge in [-0.1, -0.05) is 12.1 Å². The fourth-order valence-electron chi connectivity index (χ4n) is 2.85. The molecule has 1 saturated heterocycles. The Bertz CT molecular complexity index is 542. The number of benzene rings is 1. The molecule has 0 saturated carbocycles. The third kappa shape index (κ3) is 3.93. The van der Waals surface area contributed by atoms with Crippen LogP contribution in [0, 0.1) is 0 Å². The van der Waals surface area contributed by atoms with Crippen LogP contribution in [-0.2, 0) is 6.42 Å². The summed E-state index contributed by atoms with van der Waals surface area (Å²) in [5, 5.41) is 4.29. The van der Waals surface area contributed by atoms with Crippen LogP contribution in [0.5, 0.6) is 0 Å². The van der Waals surface area contributed by atoms with E-state index in [1.807, 2.05) is 23.1 Å². The lowest BCUT2D eigenvalue weighted by Crippen LogP contribution is -2.44. The zero-order valence-corrected chi connectivity index (χ0v) is 12.8. The summed E-state index contributed by atoms with van der Waals surface area (Å²) in [5.41, 5.74) is 2.55. The van der Waals surface area contributed by atoms with E-state index in [1.54, 1.807) is 0 Å². The van der Waals surface area contributed by atoms with Crippen LogP contribution in [0.4, 0.5) is 0 Å². The van der Waals surface area contributed by atoms with Crippen molar-refractivity contribution in [2.45, 2.75) is 12.8 Å². The molecule has 3 rings (SSSR count). The Kier molecular flexibility index (Phi) is 4.68. The van der Waals surface area contributed by atoms with E-state index in [-0.39, 0.29) is 0 Å². The Morgan fingerprint density at radius 1 is 1.10 bits per heavy atom. The van der Waals surface area contributed by atoms with Crippen molar-refractivity contribution in [1.82, 2.24) is 19.6 Å². The molecule has 1 aromatic carbocycles. The number of hydrogen-bond acceptors (Lipinski definition) is 3. The Balaban J connectivity index is 1.50. The van der Waals surface area contributed by atoms with Crippen LogP contribution in [0.1, 0.15) is 12.0 Å². The molecular formula is C17H24N4. The molecule has 4 nitrogen and oxygen atoms in total. The second-order valence-corrected chi connectivity index (χ2v) is 5.87. The Hall–Kier alpha value is -1.65.